The van der Waals surface area contributed by atoms with Gasteiger partial charge in [0.2, 0.25) is 0 Å². The summed E-state index contributed by atoms with van der Waals surface area (Å²) >= 11 is 0. The number of imidazole rings is 1. The summed E-state index contributed by atoms with van der Waals surface area (Å²) in [5, 5.41) is 3.63. The van der Waals surface area contributed by atoms with Gasteiger partial charge in [0.05, 0.1) is 5.69 Å². The zero-order valence-corrected chi connectivity index (χ0v) is 13.2. The normalized spacial score (nSPS) is 18.4. The van der Waals surface area contributed by atoms with E-state index in [1.54, 1.807) is 6.26 Å². The second-order valence-electron chi connectivity index (χ2n) is 5.69. The Morgan fingerprint density at radius 2 is 2.16 bits per heavy atom. The summed E-state index contributed by atoms with van der Waals surface area (Å²) in [6.45, 7) is 9.31. The highest BCUT2D eigenvalue weighted by Gasteiger charge is 2.21. The van der Waals surface area contributed by atoms with Crippen LogP contribution in [0.1, 0.15) is 50.3 Å². The maximum absolute atomic E-state index is 11.5. The Morgan fingerprint density at radius 3 is 2.79 bits per heavy atom. The maximum atomic E-state index is 11.5. The molecule has 0 radical (unpaired) electrons. The molecule has 0 saturated heterocycles. The zero-order valence-electron chi connectivity index (χ0n) is 12.4. The lowest BCUT2D eigenvalue weighted by atomic mass is 10.1. The standard InChI is InChI=1S/C14H25N3OS/c1-10(2)14-16-12-9-15-7-5-13(12)17(14)8-6-11(3)19(4)18/h10-11,15H,5-9H2,1-4H3. The Labute approximate surface area is 118 Å². The molecule has 2 heterocycles. The van der Waals surface area contributed by atoms with Crippen molar-refractivity contribution in [1.82, 2.24) is 14.9 Å². The van der Waals surface area contributed by atoms with Gasteiger partial charge in [-0.15, -0.1) is 0 Å². The number of hydrogen-bond donors (Lipinski definition) is 1. The fraction of sp³-hybridized carbons (Fsp3) is 0.786. The first-order valence-corrected chi connectivity index (χ1v) is 8.74. The quantitative estimate of drug-likeness (QED) is 0.896. The third-order valence-corrected chi connectivity index (χ3v) is 5.23. The van der Waals surface area contributed by atoms with Gasteiger partial charge in [0.25, 0.3) is 0 Å². The van der Waals surface area contributed by atoms with Gasteiger partial charge in [-0.1, -0.05) is 20.8 Å². The van der Waals surface area contributed by atoms with Gasteiger partial charge in [0, 0.05) is 60.0 Å². The molecular formula is C14H25N3OS. The molecule has 2 rings (SSSR count). The summed E-state index contributed by atoms with van der Waals surface area (Å²) in [5.41, 5.74) is 2.59. The third-order valence-electron chi connectivity index (χ3n) is 3.86. The maximum Gasteiger partial charge on any atom is 0.111 e. The summed E-state index contributed by atoms with van der Waals surface area (Å²) in [6.07, 6.45) is 3.80. The van der Waals surface area contributed by atoms with Crippen LogP contribution in [0.3, 0.4) is 0 Å². The highest BCUT2D eigenvalue weighted by atomic mass is 32.2. The van der Waals surface area contributed by atoms with Crippen molar-refractivity contribution in [3.05, 3.63) is 17.2 Å². The van der Waals surface area contributed by atoms with Crippen molar-refractivity contribution >= 4 is 10.8 Å². The molecule has 19 heavy (non-hydrogen) atoms. The monoisotopic (exact) mass is 283 g/mol. The molecule has 2 unspecified atom stereocenters. The average Bonchev–Trinajstić information content (AvgIpc) is 2.74. The minimum absolute atomic E-state index is 0.250. The molecule has 4 nitrogen and oxygen atoms in total. The van der Waals surface area contributed by atoms with E-state index in [-0.39, 0.29) is 5.25 Å². The first kappa shape index (κ1) is 14.7. The van der Waals surface area contributed by atoms with Crippen LogP contribution in [0.15, 0.2) is 0 Å². The van der Waals surface area contributed by atoms with E-state index in [2.05, 4.69) is 30.7 Å². The first-order valence-electron chi connectivity index (χ1n) is 7.11. The molecule has 1 aliphatic heterocycles. The largest absolute Gasteiger partial charge is 0.331 e. The SMILES string of the molecule is CC(C)c1nc2c(n1CCC(C)S(C)=O)CCNC2. The third kappa shape index (κ3) is 3.26. The molecule has 5 heteroatoms. The van der Waals surface area contributed by atoms with Crippen LogP contribution in [-0.4, -0.2) is 31.8 Å². The lowest BCUT2D eigenvalue weighted by Gasteiger charge is -2.18. The van der Waals surface area contributed by atoms with Crippen LogP contribution in [0.4, 0.5) is 0 Å². The second-order valence-corrected chi connectivity index (χ2v) is 7.50. The van der Waals surface area contributed by atoms with E-state index in [9.17, 15) is 4.21 Å². The summed E-state index contributed by atoms with van der Waals surface area (Å²) in [4.78, 5) is 4.80. The molecule has 2 atom stereocenters. The molecule has 0 aliphatic carbocycles. The molecule has 1 N–H and O–H groups in total. The molecule has 0 spiro atoms. The summed E-state index contributed by atoms with van der Waals surface area (Å²) < 4.78 is 13.9. The Kier molecular flexibility index (Phi) is 4.79. The Morgan fingerprint density at radius 1 is 1.42 bits per heavy atom. The summed E-state index contributed by atoms with van der Waals surface area (Å²) in [7, 11) is -0.737. The van der Waals surface area contributed by atoms with Crippen LogP contribution in [-0.2, 0) is 30.3 Å². The Hall–Kier alpha value is -0.680. The van der Waals surface area contributed by atoms with Crippen LogP contribution in [0, 0.1) is 0 Å². The molecule has 0 aromatic carbocycles. The molecular weight excluding hydrogens is 258 g/mol. The van der Waals surface area contributed by atoms with Crippen molar-refractivity contribution in [2.45, 2.75) is 57.9 Å². The highest BCUT2D eigenvalue weighted by Crippen LogP contribution is 2.22. The number of fused-ring (bicyclic) bond motifs is 1. The lowest BCUT2D eigenvalue weighted by molar-refractivity contribution is 0.544. The van der Waals surface area contributed by atoms with Crippen LogP contribution in [0.5, 0.6) is 0 Å². The topological polar surface area (TPSA) is 46.9 Å². The van der Waals surface area contributed by atoms with Gasteiger partial charge in [-0.3, -0.25) is 4.21 Å². The molecule has 108 valence electrons. The Bertz CT molecular complexity index is 468. The van der Waals surface area contributed by atoms with Crippen LogP contribution in [0.2, 0.25) is 0 Å². The number of nitrogens with zero attached hydrogens (tertiary/aromatic N) is 2. The van der Waals surface area contributed by atoms with Crippen LogP contribution >= 0.6 is 0 Å². The van der Waals surface area contributed by atoms with Gasteiger partial charge in [-0.2, -0.15) is 0 Å². The highest BCUT2D eigenvalue weighted by molar-refractivity contribution is 7.84. The molecule has 1 aromatic rings. The predicted molar refractivity (Wildman–Crippen MR) is 79.9 cm³/mol. The molecule has 1 aliphatic rings. The summed E-state index contributed by atoms with van der Waals surface area (Å²) in [5.74, 6) is 1.62. The molecule has 0 bridgehead atoms. The van der Waals surface area contributed by atoms with E-state index in [4.69, 9.17) is 4.98 Å². The van der Waals surface area contributed by atoms with Gasteiger partial charge in [-0.25, -0.2) is 4.98 Å². The van der Waals surface area contributed by atoms with E-state index in [1.807, 2.05) is 0 Å². The smallest absolute Gasteiger partial charge is 0.111 e. The zero-order chi connectivity index (χ0) is 14.0. The van der Waals surface area contributed by atoms with Gasteiger partial charge in [0.1, 0.15) is 5.82 Å². The van der Waals surface area contributed by atoms with Crippen molar-refractivity contribution < 1.29 is 4.21 Å². The van der Waals surface area contributed by atoms with Crippen LogP contribution < -0.4 is 5.32 Å². The van der Waals surface area contributed by atoms with Crippen molar-refractivity contribution in [2.75, 3.05) is 12.8 Å². The van der Waals surface area contributed by atoms with Gasteiger partial charge >= 0.3 is 0 Å². The van der Waals surface area contributed by atoms with E-state index >= 15 is 0 Å². The van der Waals surface area contributed by atoms with Crippen molar-refractivity contribution in [1.29, 1.82) is 0 Å². The van der Waals surface area contributed by atoms with E-state index in [0.717, 1.165) is 32.5 Å². The van der Waals surface area contributed by atoms with Gasteiger partial charge in [0.15, 0.2) is 0 Å². The fourth-order valence-corrected chi connectivity index (χ4v) is 3.00. The van der Waals surface area contributed by atoms with Crippen LogP contribution in [0.25, 0.3) is 0 Å². The minimum Gasteiger partial charge on any atom is -0.331 e. The number of hydrogen-bond acceptors (Lipinski definition) is 3. The molecule has 0 fully saturated rings. The average molecular weight is 283 g/mol. The summed E-state index contributed by atoms with van der Waals surface area (Å²) in [6, 6.07) is 0. The second kappa shape index (κ2) is 6.18. The number of nitrogens with one attached hydrogen (secondary N) is 1. The predicted octanol–water partition coefficient (Wildman–Crippen LogP) is 1.81. The van der Waals surface area contributed by atoms with E-state index in [1.165, 1.54) is 17.2 Å². The number of aromatic nitrogens is 2. The van der Waals surface area contributed by atoms with Crippen molar-refractivity contribution in [3.8, 4) is 0 Å². The van der Waals surface area contributed by atoms with Crippen molar-refractivity contribution in [2.24, 2.45) is 0 Å². The van der Waals surface area contributed by atoms with Crippen molar-refractivity contribution in [3.63, 3.8) is 0 Å². The van der Waals surface area contributed by atoms with E-state index in [0.29, 0.717) is 5.92 Å². The fourth-order valence-electron chi connectivity index (χ4n) is 2.56. The molecule has 0 amide bonds. The minimum atomic E-state index is -0.737. The van der Waals surface area contributed by atoms with E-state index < -0.39 is 10.8 Å². The Balaban J connectivity index is 2.22. The molecule has 1 aromatic heterocycles. The first-order chi connectivity index (χ1) is 9.00. The number of rotatable bonds is 5. The van der Waals surface area contributed by atoms with Gasteiger partial charge < -0.3 is 9.88 Å². The van der Waals surface area contributed by atoms with Gasteiger partial charge in [-0.05, 0) is 6.42 Å². The molecule has 0 saturated carbocycles. The lowest BCUT2D eigenvalue weighted by Crippen LogP contribution is -2.25.